The molecule has 1 heterocycles. The lowest BCUT2D eigenvalue weighted by Crippen LogP contribution is -2.54. The van der Waals surface area contributed by atoms with Crippen molar-refractivity contribution in [2.45, 2.75) is 51.4 Å². The van der Waals surface area contributed by atoms with Crippen LogP contribution < -0.4 is 0 Å². The van der Waals surface area contributed by atoms with Crippen LogP contribution in [0.25, 0.3) is 5.70 Å². The number of rotatable bonds is 10. The average Bonchev–Trinajstić information content (AvgIpc) is 2.92. The van der Waals surface area contributed by atoms with Gasteiger partial charge in [-0.05, 0) is 54.3 Å². The summed E-state index contributed by atoms with van der Waals surface area (Å²) in [6.07, 6.45) is 6.44. The number of hydrogen-bond acceptors (Lipinski definition) is 2. The molecule has 0 fully saturated rings. The standard InChI is InChI=1S/C32H34ClNO2/c1-3-5-17-28-31(36)34(22-6-4-2)29(24-13-9-7-10-14-24)23-32(28,26-15-11-8-12-16-26)30(35)25-18-20-27(33)21-19-25/h7-16,18-21,23,28H,3-6,17,22H2,1-2H3. The zero-order valence-electron chi connectivity index (χ0n) is 21.1. The molecule has 0 spiro atoms. The fraction of sp³-hybridized carbons (Fsp3) is 0.312. The van der Waals surface area contributed by atoms with Gasteiger partial charge in [-0.25, -0.2) is 0 Å². The first-order chi connectivity index (χ1) is 17.5. The van der Waals surface area contributed by atoms with Gasteiger partial charge in [0.2, 0.25) is 5.91 Å². The molecule has 0 aliphatic carbocycles. The normalized spacial score (nSPS) is 19.8. The molecular formula is C32H34ClNO2. The molecule has 4 rings (SSSR count). The molecule has 36 heavy (non-hydrogen) atoms. The summed E-state index contributed by atoms with van der Waals surface area (Å²) >= 11 is 6.16. The Balaban J connectivity index is 2.02. The largest absolute Gasteiger partial charge is 0.312 e. The molecule has 0 bridgehead atoms. The highest BCUT2D eigenvalue weighted by atomic mass is 35.5. The van der Waals surface area contributed by atoms with Crippen molar-refractivity contribution in [3.05, 3.63) is 113 Å². The molecule has 3 nitrogen and oxygen atoms in total. The minimum Gasteiger partial charge on any atom is -0.312 e. The van der Waals surface area contributed by atoms with E-state index < -0.39 is 11.3 Å². The minimum atomic E-state index is -1.12. The molecule has 0 aromatic heterocycles. The number of carbonyl (C=O) groups excluding carboxylic acids is 2. The molecule has 1 aliphatic rings. The van der Waals surface area contributed by atoms with Crippen LogP contribution in [-0.4, -0.2) is 23.1 Å². The number of carbonyl (C=O) groups is 2. The monoisotopic (exact) mass is 499 g/mol. The molecule has 3 aromatic carbocycles. The van der Waals surface area contributed by atoms with Crippen LogP contribution >= 0.6 is 11.6 Å². The Kier molecular flexibility index (Phi) is 8.43. The Hall–Kier alpha value is -3.17. The van der Waals surface area contributed by atoms with Crippen LogP contribution in [0.4, 0.5) is 0 Å². The van der Waals surface area contributed by atoms with Gasteiger partial charge in [0.1, 0.15) is 0 Å². The maximum atomic E-state index is 14.6. The third kappa shape index (κ3) is 5.03. The smallest absolute Gasteiger partial charge is 0.231 e. The van der Waals surface area contributed by atoms with Gasteiger partial charge in [-0.1, -0.05) is 105 Å². The van der Waals surface area contributed by atoms with E-state index in [0.29, 0.717) is 23.6 Å². The van der Waals surface area contributed by atoms with E-state index in [1.807, 2.05) is 65.6 Å². The van der Waals surface area contributed by atoms with Gasteiger partial charge in [0.25, 0.3) is 0 Å². The van der Waals surface area contributed by atoms with Gasteiger partial charge < -0.3 is 4.90 Å². The Bertz CT molecular complexity index is 1200. The highest BCUT2D eigenvalue weighted by Crippen LogP contribution is 2.47. The minimum absolute atomic E-state index is 0.0319. The van der Waals surface area contributed by atoms with Crippen molar-refractivity contribution in [1.82, 2.24) is 4.90 Å². The molecule has 1 aliphatic heterocycles. The van der Waals surface area contributed by atoms with Gasteiger partial charge in [0.15, 0.2) is 5.78 Å². The third-order valence-electron chi connectivity index (χ3n) is 7.15. The predicted molar refractivity (Wildman–Crippen MR) is 148 cm³/mol. The third-order valence-corrected chi connectivity index (χ3v) is 7.41. The summed E-state index contributed by atoms with van der Waals surface area (Å²) in [4.78, 5) is 30.9. The summed E-state index contributed by atoms with van der Waals surface area (Å²) in [5.41, 5.74) is 2.05. The molecule has 4 heteroatoms. The van der Waals surface area contributed by atoms with Crippen LogP contribution in [0.2, 0.25) is 5.02 Å². The highest BCUT2D eigenvalue weighted by molar-refractivity contribution is 6.30. The quantitative estimate of drug-likeness (QED) is 0.265. The molecular weight excluding hydrogens is 466 g/mol. The van der Waals surface area contributed by atoms with Gasteiger partial charge in [-0.2, -0.15) is 0 Å². The van der Waals surface area contributed by atoms with E-state index in [2.05, 4.69) is 19.9 Å². The second kappa shape index (κ2) is 11.7. The van der Waals surface area contributed by atoms with E-state index in [1.54, 1.807) is 24.3 Å². The van der Waals surface area contributed by atoms with Gasteiger partial charge in [0.05, 0.1) is 11.3 Å². The second-order valence-electron chi connectivity index (χ2n) is 9.50. The Morgan fingerprint density at radius 1 is 0.861 bits per heavy atom. The van der Waals surface area contributed by atoms with E-state index >= 15 is 0 Å². The number of unbranched alkanes of at least 4 members (excludes halogenated alkanes) is 2. The van der Waals surface area contributed by atoms with Crippen molar-refractivity contribution in [2.75, 3.05) is 6.54 Å². The molecule has 0 N–H and O–H groups in total. The average molecular weight is 500 g/mol. The first kappa shape index (κ1) is 25.9. The summed E-state index contributed by atoms with van der Waals surface area (Å²) in [5.74, 6) is -0.528. The van der Waals surface area contributed by atoms with Crippen molar-refractivity contribution in [1.29, 1.82) is 0 Å². The Morgan fingerprint density at radius 2 is 1.47 bits per heavy atom. The van der Waals surface area contributed by atoms with Crippen LogP contribution in [0.1, 0.15) is 67.4 Å². The molecule has 0 radical (unpaired) electrons. The maximum absolute atomic E-state index is 14.6. The van der Waals surface area contributed by atoms with E-state index in [4.69, 9.17) is 11.6 Å². The molecule has 2 unspecified atom stereocenters. The van der Waals surface area contributed by atoms with E-state index in [1.165, 1.54) is 0 Å². The van der Waals surface area contributed by atoms with Crippen LogP contribution in [0.5, 0.6) is 0 Å². The SMILES string of the molecule is CCCCC1C(=O)N(CCCC)C(c2ccccc2)=CC1(C(=O)c1ccc(Cl)cc1)c1ccccc1. The summed E-state index contributed by atoms with van der Waals surface area (Å²) in [7, 11) is 0. The number of amides is 1. The lowest BCUT2D eigenvalue weighted by molar-refractivity contribution is -0.134. The van der Waals surface area contributed by atoms with Crippen LogP contribution in [-0.2, 0) is 10.2 Å². The predicted octanol–water partition coefficient (Wildman–Crippen LogP) is 7.95. The summed E-state index contributed by atoms with van der Waals surface area (Å²) < 4.78 is 0. The van der Waals surface area contributed by atoms with Crippen molar-refractivity contribution in [3.8, 4) is 0 Å². The second-order valence-corrected chi connectivity index (χ2v) is 9.94. The zero-order valence-corrected chi connectivity index (χ0v) is 21.9. The van der Waals surface area contributed by atoms with E-state index in [9.17, 15) is 9.59 Å². The summed E-state index contributed by atoms with van der Waals surface area (Å²) in [6, 6.07) is 26.8. The van der Waals surface area contributed by atoms with Crippen molar-refractivity contribution < 1.29 is 9.59 Å². The number of hydrogen-bond donors (Lipinski definition) is 0. The number of halogens is 1. The summed E-state index contributed by atoms with van der Waals surface area (Å²) in [5, 5.41) is 0.578. The van der Waals surface area contributed by atoms with E-state index in [0.717, 1.165) is 42.5 Å². The molecule has 2 atom stereocenters. The number of nitrogens with zero attached hydrogens (tertiary/aromatic N) is 1. The highest BCUT2D eigenvalue weighted by Gasteiger charge is 2.53. The van der Waals surface area contributed by atoms with Crippen LogP contribution in [0, 0.1) is 5.92 Å². The lowest BCUT2D eigenvalue weighted by atomic mass is 9.61. The van der Waals surface area contributed by atoms with E-state index in [-0.39, 0.29) is 11.7 Å². The molecule has 3 aromatic rings. The lowest BCUT2D eigenvalue weighted by Gasteiger charge is -2.45. The summed E-state index contributed by atoms with van der Waals surface area (Å²) in [6.45, 7) is 4.89. The maximum Gasteiger partial charge on any atom is 0.231 e. The Labute approximate surface area is 219 Å². The number of ketones is 1. The fourth-order valence-corrected chi connectivity index (χ4v) is 5.37. The number of allylic oxidation sites excluding steroid dienone is 1. The van der Waals surface area contributed by atoms with Gasteiger partial charge in [-0.3, -0.25) is 9.59 Å². The molecule has 0 saturated heterocycles. The first-order valence-corrected chi connectivity index (χ1v) is 13.4. The first-order valence-electron chi connectivity index (χ1n) is 13.0. The molecule has 186 valence electrons. The fourth-order valence-electron chi connectivity index (χ4n) is 5.24. The zero-order chi connectivity index (χ0) is 25.5. The van der Waals surface area contributed by atoms with Crippen molar-refractivity contribution in [3.63, 3.8) is 0 Å². The van der Waals surface area contributed by atoms with Gasteiger partial charge >= 0.3 is 0 Å². The van der Waals surface area contributed by atoms with Crippen molar-refractivity contribution >= 4 is 29.0 Å². The Morgan fingerprint density at radius 3 is 2.08 bits per heavy atom. The number of benzene rings is 3. The number of Topliss-reactive ketones (excluding diaryl/α,β-unsaturated/α-hetero) is 1. The van der Waals surface area contributed by atoms with Crippen LogP contribution in [0.3, 0.4) is 0 Å². The molecule has 1 amide bonds. The molecule has 0 saturated carbocycles. The van der Waals surface area contributed by atoms with Crippen LogP contribution in [0.15, 0.2) is 91.0 Å². The van der Waals surface area contributed by atoms with Gasteiger partial charge in [-0.15, -0.1) is 0 Å². The topological polar surface area (TPSA) is 37.4 Å². The van der Waals surface area contributed by atoms with Crippen molar-refractivity contribution in [2.24, 2.45) is 5.92 Å². The van der Waals surface area contributed by atoms with Gasteiger partial charge in [0, 0.05) is 22.8 Å².